The molecule has 0 aliphatic heterocycles. The molecule has 0 atom stereocenters. The minimum Gasteiger partial charge on any atom is -0.268 e. The summed E-state index contributed by atoms with van der Waals surface area (Å²) in [5, 5.41) is 4.22. The standard InChI is InChI=1S/C13H14N2/c1-3-12-6-5-11(9-13(12)4-1)10-15-8-2-7-14-15/h2,5-9H,1,3-4,10H2. The van der Waals surface area contributed by atoms with Crippen LogP contribution in [0.1, 0.15) is 23.1 Å². The van der Waals surface area contributed by atoms with E-state index in [0.29, 0.717) is 0 Å². The molecule has 1 aromatic carbocycles. The van der Waals surface area contributed by atoms with Gasteiger partial charge < -0.3 is 0 Å². The summed E-state index contributed by atoms with van der Waals surface area (Å²) in [6.07, 6.45) is 7.67. The van der Waals surface area contributed by atoms with Gasteiger partial charge in [-0.05, 0) is 42.0 Å². The summed E-state index contributed by atoms with van der Waals surface area (Å²) < 4.78 is 1.97. The Balaban J connectivity index is 1.87. The number of aryl methyl sites for hydroxylation is 2. The minimum atomic E-state index is 0.889. The van der Waals surface area contributed by atoms with E-state index in [1.165, 1.54) is 24.8 Å². The normalized spacial score (nSPS) is 14.1. The molecule has 0 saturated carbocycles. The zero-order valence-corrected chi connectivity index (χ0v) is 8.69. The van der Waals surface area contributed by atoms with Gasteiger partial charge in [-0.3, -0.25) is 4.68 Å². The molecule has 0 spiro atoms. The van der Waals surface area contributed by atoms with Crippen molar-refractivity contribution >= 4 is 0 Å². The molecule has 0 saturated heterocycles. The van der Waals surface area contributed by atoms with Crippen LogP contribution >= 0.6 is 0 Å². The van der Waals surface area contributed by atoms with E-state index in [4.69, 9.17) is 0 Å². The first-order valence-corrected chi connectivity index (χ1v) is 5.50. The van der Waals surface area contributed by atoms with Crippen molar-refractivity contribution in [3.05, 3.63) is 53.3 Å². The van der Waals surface area contributed by atoms with E-state index in [9.17, 15) is 0 Å². The fourth-order valence-corrected chi connectivity index (χ4v) is 2.30. The van der Waals surface area contributed by atoms with Crippen LogP contribution in [0.25, 0.3) is 0 Å². The lowest BCUT2D eigenvalue weighted by Crippen LogP contribution is -2.00. The van der Waals surface area contributed by atoms with Crippen LogP contribution in [0.15, 0.2) is 36.7 Å². The first-order chi connectivity index (χ1) is 7.42. The Morgan fingerprint density at radius 1 is 1.20 bits per heavy atom. The van der Waals surface area contributed by atoms with Gasteiger partial charge in [0.1, 0.15) is 0 Å². The van der Waals surface area contributed by atoms with Crippen LogP contribution in [0, 0.1) is 0 Å². The van der Waals surface area contributed by atoms with Crippen molar-refractivity contribution in [1.82, 2.24) is 9.78 Å². The van der Waals surface area contributed by atoms with Crippen molar-refractivity contribution in [2.75, 3.05) is 0 Å². The summed E-state index contributed by atoms with van der Waals surface area (Å²) in [6.45, 7) is 0.889. The Bertz CT molecular complexity index is 457. The molecule has 0 N–H and O–H groups in total. The Kier molecular flexibility index (Phi) is 2.05. The van der Waals surface area contributed by atoms with E-state index in [0.717, 1.165) is 6.54 Å². The van der Waals surface area contributed by atoms with Gasteiger partial charge in [-0.25, -0.2) is 0 Å². The monoisotopic (exact) mass is 198 g/mol. The van der Waals surface area contributed by atoms with Gasteiger partial charge in [0.15, 0.2) is 0 Å². The summed E-state index contributed by atoms with van der Waals surface area (Å²) in [5.41, 5.74) is 4.44. The van der Waals surface area contributed by atoms with Gasteiger partial charge in [0.25, 0.3) is 0 Å². The van der Waals surface area contributed by atoms with E-state index in [-0.39, 0.29) is 0 Å². The highest BCUT2D eigenvalue weighted by Gasteiger charge is 2.10. The van der Waals surface area contributed by atoms with Crippen molar-refractivity contribution in [1.29, 1.82) is 0 Å². The molecule has 3 rings (SSSR count). The lowest BCUT2D eigenvalue weighted by molar-refractivity contribution is 0.686. The maximum atomic E-state index is 4.22. The van der Waals surface area contributed by atoms with E-state index >= 15 is 0 Å². The first kappa shape index (κ1) is 8.72. The second-order valence-electron chi connectivity index (χ2n) is 4.16. The zero-order valence-electron chi connectivity index (χ0n) is 8.69. The summed E-state index contributed by atoms with van der Waals surface area (Å²) in [5.74, 6) is 0. The minimum absolute atomic E-state index is 0.889. The van der Waals surface area contributed by atoms with Crippen LogP contribution in [0.5, 0.6) is 0 Å². The smallest absolute Gasteiger partial charge is 0.0659 e. The molecule has 2 heteroatoms. The van der Waals surface area contributed by atoms with Gasteiger partial charge in [0, 0.05) is 12.4 Å². The van der Waals surface area contributed by atoms with Crippen molar-refractivity contribution in [2.24, 2.45) is 0 Å². The maximum Gasteiger partial charge on any atom is 0.0659 e. The van der Waals surface area contributed by atoms with E-state index in [1.54, 1.807) is 11.1 Å². The molecule has 76 valence electrons. The molecule has 1 aliphatic rings. The molecule has 1 aromatic heterocycles. The third-order valence-corrected chi connectivity index (χ3v) is 3.07. The third-order valence-electron chi connectivity index (χ3n) is 3.07. The van der Waals surface area contributed by atoms with Gasteiger partial charge in [-0.1, -0.05) is 18.2 Å². The molecule has 2 aromatic rings. The van der Waals surface area contributed by atoms with Crippen LogP contribution in [0.3, 0.4) is 0 Å². The summed E-state index contributed by atoms with van der Waals surface area (Å²) >= 11 is 0. The lowest BCUT2D eigenvalue weighted by atomic mass is 10.1. The van der Waals surface area contributed by atoms with Crippen LogP contribution < -0.4 is 0 Å². The van der Waals surface area contributed by atoms with E-state index < -0.39 is 0 Å². The Morgan fingerprint density at radius 3 is 3.00 bits per heavy atom. The number of benzene rings is 1. The third kappa shape index (κ3) is 1.67. The molecule has 1 heterocycles. The number of aromatic nitrogens is 2. The van der Waals surface area contributed by atoms with Crippen molar-refractivity contribution in [3.8, 4) is 0 Å². The number of hydrogen-bond donors (Lipinski definition) is 0. The second kappa shape index (κ2) is 3.54. The van der Waals surface area contributed by atoms with Crippen molar-refractivity contribution in [2.45, 2.75) is 25.8 Å². The van der Waals surface area contributed by atoms with Gasteiger partial charge >= 0.3 is 0 Å². The largest absolute Gasteiger partial charge is 0.268 e. The molecule has 0 bridgehead atoms. The molecule has 1 aliphatic carbocycles. The highest BCUT2D eigenvalue weighted by molar-refractivity contribution is 5.35. The molecule has 2 nitrogen and oxygen atoms in total. The van der Waals surface area contributed by atoms with Crippen LogP contribution in [0.2, 0.25) is 0 Å². The molecule has 0 fully saturated rings. The quantitative estimate of drug-likeness (QED) is 0.724. The van der Waals surface area contributed by atoms with Crippen molar-refractivity contribution < 1.29 is 0 Å². The molecular weight excluding hydrogens is 184 g/mol. The Morgan fingerprint density at radius 2 is 2.13 bits per heavy atom. The summed E-state index contributed by atoms with van der Waals surface area (Å²) in [6, 6.07) is 8.81. The van der Waals surface area contributed by atoms with Crippen LogP contribution in [0.4, 0.5) is 0 Å². The van der Waals surface area contributed by atoms with E-state index in [1.807, 2.05) is 23.1 Å². The Hall–Kier alpha value is -1.57. The maximum absolute atomic E-state index is 4.22. The molecule has 15 heavy (non-hydrogen) atoms. The molecule has 0 unspecified atom stereocenters. The van der Waals surface area contributed by atoms with Crippen molar-refractivity contribution in [3.63, 3.8) is 0 Å². The highest BCUT2D eigenvalue weighted by Crippen LogP contribution is 2.22. The van der Waals surface area contributed by atoms with E-state index in [2.05, 4.69) is 23.3 Å². The average molecular weight is 198 g/mol. The Labute approximate surface area is 89.5 Å². The van der Waals surface area contributed by atoms with Crippen LogP contribution in [-0.2, 0) is 19.4 Å². The SMILES string of the molecule is c1cnn(Cc2ccc3c(c2)CCC3)c1. The second-order valence-corrected chi connectivity index (χ2v) is 4.16. The first-order valence-electron chi connectivity index (χ1n) is 5.50. The topological polar surface area (TPSA) is 17.8 Å². The number of fused-ring (bicyclic) bond motifs is 1. The highest BCUT2D eigenvalue weighted by atomic mass is 15.3. The average Bonchev–Trinajstić information content (AvgIpc) is 2.87. The van der Waals surface area contributed by atoms with Gasteiger partial charge in [0.05, 0.1) is 6.54 Å². The summed E-state index contributed by atoms with van der Waals surface area (Å²) in [7, 11) is 0. The van der Waals surface area contributed by atoms with Gasteiger partial charge in [0.2, 0.25) is 0 Å². The van der Waals surface area contributed by atoms with Gasteiger partial charge in [-0.15, -0.1) is 0 Å². The van der Waals surface area contributed by atoms with Gasteiger partial charge in [-0.2, -0.15) is 5.10 Å². The lowest BCUT2D eigenvalue weighted by Gasteiger charge is -2.05. The fourth-order valence-electron chi connectivity index (χ4n) is 2.30. The number of nitrogens with zero attached hydrogens (tertiary/aromatic N) is 2. The molecule has 0 radical (unpaired) electrons. The predicted octanol–water partition coefficient (Wildman–Crippen LogP) is 2.42. The molecular formula is C13H14N2. The zero-order chi connectivity index (χ0) is 10.1. The molecule has 0 amide bonds. The number of hydrogen-bond acceptors (Lipinski definition) is 1. The number of rotatable bonds is 2. The predicted molar refractivity (Wildman–Crippen MR) is 59.8 cm³/mol. The van der Waals surface area contributed by atoms with Crippen LogP contribution in [-0.4, -0.2) is 9.78 Å². The fraction of sp³-hybridized carbons (Fsp3) is 0.308. The summed E-state index contributed by atoms with van der Waals surface area (Å²) in [4.78, 5) is 0.